The topological polar surface area (TPSA) is 135 Å². The van der Waals surface area contributed by atoms with Gasteiger partial charge in [-0.1, -0.05) is 24.3 Å². The van der Waals surface area contributed by atoms with E-state index in [0.717, 1.165) is 4.90 Å². The highest BCUT2D eigenvalue weighted by Crippen LogP contribution is 2.32. The molecule has 0 fully saturated rings. The van der Waals surface area contributed by atoms with Gasteiger partial charge in [-0.3, -0.25) is 24.1 Å². The van der Waals surface area contributed by atoms with Crippen LogP contribution in [0.1, 0.15) is 39.3 Å². The first-order chi connectivity index (χ1) is 16.0. The number of anilines is 2. The number of amides is 4. The minimum atomic E-state index is -1.25. The molecule has 4 rings (SSSR count). The molecule has 1 aliphatic heterocycles. The zero-order valence-electron chi connectivity index (χ0n) is 17.6. The summed E-state index contributed by atoms with van der Waals surface area (Å²) >= 11 is 0. The van der Waals surface area contributed by atoms with Gasteiger partial charge in [-0.05, 0) is 42.8 Å². The number of primary amides is 1. The van der Waals surface area contributed by atoms with Crippen molar-refractivity contribution in [3.8, 4) is 0 Å². The number of benzene rings is 2. The molecule has 33 heavy (non-hydrogen) atoms. The number of furan rings is 1. The minimum Gasteiger partial charge on any atom is -0.467 e. The van der Waals surface area contributed by atoms with E-state index in [-0.39, 0.29) is 29.9 Å². The van der Waals surface area contributed by atoms with Crippen LogP contribution in [-0.4, -0.2) is 34.6 Å². The molecule has 4 amide bonds. The van der Waals surface area contributed by atoms with E-state index in [1.165, 1.54) is 12.3 Å². The molecule has 9 heteroatoms. The van der Waals surface area contributed by atoms with Gasteiger partial charge < -0.3 is 20.8 Å². The number of imide groups is 1. The molecular formula is C24H22N4O5. The number of nitrogens with zero attached hydrogens (tertiary/aromatic N) is 1. The van der Waals surface area contributed by atoms with Crippen molar-refractivity contribution in [2.24, 2.45) is 5.73 Å². The van der Waals surface area contributed by atoms with Crippen LogP contribution in [-0.2, 0) is 16.1 Å². The fraction of sp³-hybridized carbons (Fsp3) is 0.167. The third-order valence-corrected chi connectivity index (χ3v) is 5.32. The van der Waals surface area contributed by atoms with E-state index in [1.807, 2.05) is 6.07 Å². The molecular weight excluding hydrogens is 424 g/mol. The van der Waals surface area contributed by atoms with E-state index in [0.29, 0.717) is 23.7 Å². The van der Waals surface area contributed by atoms with Gasteiger partial charge in [-0.2, -0.15) is 0 Å². The molecule has 0 radical (unpaired) electrons. The number of nitrogens with two attached hydrogens (primary N) is 1. The van der Waals surface area contributed by atoms with Crippen molar-refractivity contribution in [3.63, 3.8) is 0 Å². The van der Waals surface area contributed by atoms with Gasteiger partial charge in [0.2, 0.25) is 11.8 Å². The lowest BCUT2D eigenvalue weighted by Crippen LogP contribution is -2.48. The highest BCUT2D eigenvalue weighted by molar-refractivity contribution is 6.25. The zero-order chi connectivity index (χ0) is 23.4. The predicted octanol–water partition coefficient (Wildman–Crippen LogP) is 2.76. The SMILES string of the molecule is NC(=O)C(CCC(=O)Nc1ccccc1)N1C(=O)c2cccc(NCc3ccco3)c2C1=O. The second-order valence-corrected chi connectivity index (χ2v) is 7.51. The van der Waals surface area contributed by atoms with E-state index in [9.17, 15) is 19.2 Å². The monoisotopic (exact) mass is 446 g/mol. The average molecular weight is 446 g/mol. The first kappa shape index (κ1) is 21.8. The van der Waals surface area contributed by atoms with Gasteiger partial charge in [0.15, 0.2) is 0 Å². The van der Waals surface area contributed by atoms with Gasteiger partial charge in [-0.15, -0.1) is 0 Å². The largest absolute Gasteiger partial charge is 0.467 e. The average Bonchev–Trinajstić information content (AvgIpc) is 3.41. The quantitative estimate of drug-likeness (QED) is 0.433. The normalized spacial score (nSPS) is 13.5. The summed E-state index contributed by atoms with van der Waals surface area (Å²) in [6.45, 7) is 0.309. The number of fused-ring (bicyclic) bond motifs is 1. The van der Waals surface area contributed by atoms with E-state index in [4.69, 9.17) is 10.2 Å². The minimum absolute atomic E-state index is 0.0887. The molecule has 0 saturated carbocycles. The fourth-order valence-electron chi connectivity index (χ4n) is 3.74. The molecule has 0 spiro atoms. The van der Waals surface area contributed by atoms with Gasteiger partial charge >= 0.3 is 0 Å². The Hall–Kier alpha value is -4.40. The first-order valence-electron chi connectivity index (χ1n) is 10.4. The second-order valence-electron chi connectivity index (χ2n) is 7.51. The van der Waals surface area contributed by atoms with E-state index in [2.05, 4.69) is 10.6 Å². The smallest absolute Gasteiger partial charge is 0.264 e. The zero-order valence-corrected chi connectivity index (χ0v) is 17.6. The Labute approximate surface area is 189 Å². The summed E-state index contributed by atoms with van der Waals surface area (Å²) in [7, 11) is 0. The van der Waals surface area contributed by atoms with Crippen LogP contribution >= 0.6 is 0 Å². The Morgan fingerprint density at radius 1 is 0.970 bits per heavy atom. The van der Waals surface area contributed by atoms with Gasteiger partial charge in [-0.25, -0.2) is 0 Å². The van der Waals surface area contributed by atoms with Crippen LogP contribution < -0.4 is 16.4 Å². The molecule has 1 aromatic heterocycles. The van der Waals surface area contributed by atoms with Crippen molar-refractivity contribution in [1.29, 1.82) is 0 Å². The summed E-state index contributed by atoms with van der Waals surface area (Å²) in [5, 5.41) is 5.80. The van der Waals surface area contributed by atoms with Crippen molar-refractivity contribution in [2.75, 3.05) is 10.6 Å². The summed E-state index contributed by atoms with van der Waals surface area (Å²) < 4.78 is 5.29. The van der Waals surface area contributed by atoms with E-state index in [1.54, 1.807) is 48.5 Å². The second kappa shape index (κ2) is 9.39. The van der Waals surface area contributed by atoms with Gasteiger partial charge in [0, 0.05) is 17.8 Å². The molecule has 0 saturated heterocycles. The number of hydrogen-bond donors (Lipinski definition) is 3. The van der Waals surface area contributed by atoms with Crippen LogP contribution in [0.2, 0.25) is 0 Å². The summed E-state index contributed by atoms with van der Waals surface area (Å²) in [6.07, 6.45) is 1.35. The fourth-order valence-corrected chi connectivity index (χ4v) is 3.74. The number of nitrogens with one attached hydrogen (secondary N) is 2. The Morgan fingerprint density at radius 3 is 2.45 bits per heavy atom. The number of hydrogen-bond acceptors (Lipinski definition) is 6. The predicted molar refractivity (Wildman–Crippen MR) is 120 cm³/mol. The maximum atomic E-state index is 13.2. The Balaban J connectivity index is 1.49. The maximum absolute atomic E-state index is 13.2. The Kier molecular flexibility index (Phi) is 6.21. The lowest BCUT2D eigenvalue weighted by Gasteiger charge is -2.23. The van der Waals surface area contributed by atoms with Crippen molar-refractivity contribution in [3.05, 3.63) is 83.8 Å². The molecule has 2 heterocycles. The number of carbonyl (C=O) groups excluding carboxylic acids is 4. The van der Waals surface area contributed by atoms with Crippen molar-refractivity contribution < 1.29 is 23.6 Å². The standard InChI is InChI=1S/C24H22N4O5/c25-22(30)19(11-12-20(29)27-15-6-2-1-3-7-15)28-23(31)17-9-4-10-18(21(17)24(28)32)26-14-16-8-5-13-33-16/h1-10,13,19,26H,11-12,14H2,(H2,25,30)(H,27,29). The van der Waals surface area contributed by atoms with Gasteiger partial charge in [0.1, 0.15) is 11.8 Å². The first-order valence-corrected chi connectivity index (χ1v) is 10.4. The van der Waals surface area contributed by atoms with Crippen LogP contribution in [0.15, 0.2) is 71.3 Å². The Bertz CT molecular complexity index is 1190. The van der Waals surface area contributed by atoms with Crippen molar-refractivity contribution >= 4 is 35.0 Å². The lowest BCUT2D eigenvalue weighted by atomic mass is 10.1. The van der Waals surface area contributed by atoms with Crippen molar-refractivity contribution in [1.82, 2.24) is 4.90 Å². The third-order valence-electron chi connectivity index (χ3n) is 5.32. The summed E-state index contributed by atoms with van der Waals surface area (Å²) in [4.78, 5) is 51.6. The van der Waals surface area contributed by atoms with Crippen molar-refractivity contribution in [2.45, 2.75) is 25.4 Å². The molecule has 1 atom stereocenters. The van der Waals surface area contributed by atoms with Crippen LogP contribution in [0.25, 0.3) is 0 Å². The van der Waals surface area contributed by atoms with Gasteiger partial charge in [0.05, 0.1) is 23.9 Å². The molecule has 1 aliphatic rings. The molecule has 0 bridgehead atoms. The lowest BCUT2D eigenvalue weighted by molar-refractivity contribution is -0.122. The highest BCUT2D eigenvalue weighted by Gasteiger charge is 2.43. The maximum Gasteiger partial charge on any atom is 0.264 e. The molecule has 1 unspecified atom stereocenters. The van der Waals surface area contributed by atoms with Gasteiger partial charge in [0.25, 0.3) is 11.8 Å². The van der Waals surface area contributed by atoms with Crippen LogP contribution in [0.3, 0.4) is 0 Å². The van der Waals surface area contributed by atoms with Crippen LogP contribution in [0, 0.1) is 0 Å². The third kappa shape index (κ3) is 4.62. The van der Waals surface area contributed by atoms with Crippen LogP contribution in [0.4, 0.5) is 11.4 Å². The van der Waals surface area contributed by atoms with E-state index >= 15 is 0 Å². The summed E-state index contributed by atoms with van der Waals surface area (Å²) in [5.74, 6) is -1.82. The summed E-state index contributed by atoms with van der Waals surface area (Å²) in [5.41, 5.74) is 6.91. The Morgan fingerprint density at radius 2 is 1.76 bits per heavy atom. The molecule has 9 nitrogen and oxygen atoms in total. The van der Waals surface area contributed by atoms with Crippen LogP contribution in [0.5, 0.6) is 0 Å². The molecule has 2 aromatic carbocycles. The summed E-state index contributed by atoms with van der Waals surface area (Å²) in [6, 6.07) is 15.9. The highest BCUT2D eigenvalue weighted by atomic mass is 16.3. The number of rotatable bonds is 9. The molecule has 0 aliphatic carbocycles. The number of carbonyl (C=O) groups is 4. The molecule has 4 N–H and O–H groups in total. The molecule has 3 aromatic rings. The van der Waals surface area contributed by atoms with E-state index < -0.39 is 23.8 Å². The number of para-hydroxylation sites is 1. The molecule has 168 valence electrons.